The van der Waals surface area contributed by atoms with Crippen molar-refractivity contribution in [2.75, 3.05) is 13.2 Å². The smallest absolute Gasteiger partial charge is 0.157 e. The molecule has 0 aromatic heterocycles. The Morgan fingerprint density at radius 1 is 1.11 bits per heavy atom. The molecule has 1 saturated heterocycles. The molecule has 1 aliphatic rings. The number of benzene rings is 1. The van der Waals surface area contributed by atoms with Crippen molar-refractivity contribution in [2.45, 2.75) is 51.2 Å². The molecule has 1 heterocycles. The average molecular weight is 327 g/mol. The number of unbranched alkanes of at least 4 members (excludes halogenated alkanes) is 2. The van der Waals surface area contributed by atoms with Gasteiger partial charge < -0.3 is 9.47 Å². The van der Waals surface area contributed by atoms with Crippen molar-refractivity contribution in [1.82, 2.24) is 0 Å². The Balaban J connectivity index is 1.49. The summed E-state index contributed by atoms with van der Waals surface area (Å²) in [5.41, 5.74) is 1.42. The van der Waals surface area contributed by atoms with E-state index in [1.165, 1.54) is 31.2 Å². The molecule has 2 nitrogen and oxygen atoms in total. The van der Waals surface area contributed by atoms with E-state index >= 15 is 0 Å². The van der Waals surface area contributed by atoms with E-state index in [0.717, 1.165) is 36.9 Å². The minimum atomic E-state index is 0.0697. The molecule has 1 unspecified atom stereocenters. The third-order valence-corrected chi connectivity index (χ3v) is 3.99. The van der Waals surface area contributed by atoms with Gasteiger partial charge in [-0.3, -0.25) is 0 Å². The zero-order chi connectivity index (χ0) is 13.3. The van der Waals surface area contributed by atoms with E-state index < -0.39 is 0 Å². The summed E-state index contributed by atoms with van der Waals surface area (Å²) < 4.78 is 12.4. The van der Waals surface area contributed by atoms with E-state index in [0.29, 0.717) is 0 Å². The van der Waals surface area contributed by atoms with Crippen LogP contribution in [-0.2, 0) is 15.9 Å². The topological polar surface area (TPSA) is 18.5 Å². The second kappa shape index (κ2) is 8.72. The van der Waals surface area contributed by atoms with Crippen LogP contribution in [-0.4, -0.2) is 19.5 Å². The maximum Gasteiger partial charge on any atom is 0.157 e. The summed E-state index contributed by atoms with van der Waals surface area (Å²) in [6.45, 7) is 1.71. The Morgan fingerprint density at radius 3 is 2.68 bits per heavy atom. The lowest BCUT2D eigenvalue weighted by atomic mass is 10.1. The first-order valence-corrected chi connectivity index (χ1v) is 8.11. The fourth-order valence-corrected chi connectivity index (χ4v) is 2.58. The van der Waals surface area contributed by atoms with E-state index in [1.54, 1.807) is 0 Å². The van der Waals surface area contributed by atoms with Crippen molar-refractivity contribution >= 4 is 15.9 Å². The largest absolute Gasteiger partial charge is 0.353 e. The highest BCUT2D eigenvalue weighted by molar-refractivity contribution is 9.10. The fraction of sp³-hybridized carbons (Fsp3) is 0.625. The molecule has 0 N–H and O–H groups in total. The van der Waals surface area contributed by atoms with Gasteiger partial charge in [0.15, 0.2) is 6.29 Å². The summed E-state index contributed by atoms with van der Waals surface area (Å²) in [7, 11) is 0. The summed E-state index contributed by atoms with van der Waals surface area (Å²) in [6, 6.07) is 8.60. The van der Waals surface area contributed by atoms with E-state index in [2.05, 4.69) is 40.2 Å². The van der Waals surface area contributed by atoms with Crippen molar-refractivity contribution in [3.8, 4) is 0 Å². The lowest BCUT2D eigenvalue weighted by Crippen LogP contribution is -2.22. The van der Waals surface area contributed by atoms with Gasteiger partial charge in [-0.25, -0.2) is 0 Å². The Kier molecular flexibility index (Phi) is 6.90. The molecule has 1 fully saturated rings. The highest BCUT2D eigenvalue weighted by atomic mass is 79.9. The maximum absolute atomic E-state index is 5.72. The van der Waals surface area contributed by atoms with Gasteiger partial charge in [0.1, 0.15) is 0 Å². The number of ether oxygens (including phenoxy) is 2. The Labute approximate surface area is 124 Å². The molecule has 0 aliphatic carbocycles. The van der Waals surface area contributed by atoms with E-state index in [4.69, 9.17) is 9.47 Å². The van der Waals surface area contributed by atoms with Crippen LogP contribution in [0.25, 0.3) is 0 Å². The first-order chi connectivity index (χ1) is 9.34. The predicted octanol–water partition coefficient (Wildman–Crippen LogP) is 4.71. The van der Waals surface area contributed by atoms with Gasteiger partial charge in [-0.2, -0.15) is 0 Å². The summed E-state index contributed by atoms with van der Waals surface area (Å²) >= 11 is 3.46. The fourth-order valence-electron chi connectivity index (χ4n) is 2.32. The Morgan fingerprint density at radius 2 is 1.95 bits per heavy atom. The summed E-state index contributed by atoms with van der Waals surface area (Å²) in [5, 5.41) is 0. The zero-order valence-corrected chi connectivity index (χ0v) is 13.0. The SMILES string of the molecule is Brc1ccc(CCCCCOC2CCCCO2)cc1. The first kappa shape index (κ1) is 15.0. The maximum atomic E-state index is 5.72. The van der Waals surface area contributed by atoms with Gasteiger partial charge in [0.2, 0.25) is 0 Å². The standard InChI is InChI=1S/C16H23BrO2/c17-15-10-8-14(9-11-15)6-2-1-4-12-18-16-7-3-5-13-19-16/h8-11,16H,1-7,12-13H2. The zero-order valence-electron chi connectivity index (χ0n) is 11.4. The monoisotopic (exact) mass is 326 g/mol. The van der Waals surface area contributed by atoms with Crippen LogP contribution < -0.4 is 0 Å². The van der Waals surface area contributed by atoms with E-state index in [9.17, 15) is 0 Å². The summed E-state index contributed by atoms with van der Waals surface area (Å²) in [5.74, 6) is 0. The molecule has 2 rings (SSSR count). The number of hydrogen-bond donors (Lipinski definition) is 0. The van der Waals surface area contributed by atoms with Crippen molar-refractivity contribution in [1.29, 1.82) is 0 Å². The van der Waals surface area contributed by atoms with Gasteiger partial charge >= 0.3 is 0 Å². The molecule has 1 aromatic rings. The number of hydrogen-bond acceptors (Lipinski definition) is 2. The number of halogens is 1. The third-order valence-electron chi connectivity index (χ3n) is 3.46. The number of rotatable bonds is 7. The highest BCUT2D eigenvalue weighted by Crippen LogP contribution is 2.15. The van der Waals surface area contributed by atoms with E-state index in [1.807, 2.05) is 0 Å². The van der Waals surface area contributed by atoms with Crippen molar-refractivity contribution in [3.05, 3.63) is 34.3 Å². The minimum absolute atomic E-state index is 0.0697. The van der Waals surface area contributed by atoms with Gasteiger partial charge in [0, 0.05) is 17.7 Å². The van der Waals surface area contributed by atoms with Crippen LogP contribution in [0.3, 0.4) is 0 Å². The highest BCUT2D eigenvalue weighted by Gasteiger charge is 2.13. The Bertz CT molecular complexity index is 344. The van der Waals surface area contributed by atoms with E-state index in [-0.39, 0.29) is 6.29 Å². The molecule has 1 atom stereocenters. The lowest BCUT2D eigenvalue weighted by molar-refractivity contribution is -0.162. The van der Waals surface area contributed by atoms with Gasteiger partial charge in [0.05, 0.1) is 0 Å². The van der Waals surface area contributed by atoms with Crippen molar-refractivity contribution in [3.63, 3.8) is 0 Å². The Hall–Kier alpha value is -0.380. The van der Waals surface area contributed by atoms with Crippen LogP contribution >= 0.6 is 15.9 Å². The molecule has 0 saturated carbocycles. The third kappa shape index (κ3) is 6.07. The van der Waals surface area contributed by atoms with Gasteiger partial charge in [-0.15, -0.1) is 0 Å². The normalized spacial score (nSPS) is 19.5. The van der Waals surface area contributed by atoms with Crippen LogP contribution in [0, 0.1) is 0 Å². The first-order valence-electron chi connectivity index (χ1n) is 7.32. The second-order valence-electron chi connectivity index (χ2n) is 5.10. The van der Waals surface area contributed by atoms with Crippen LogP contribution in [0.1, 0.15) is 44.1 Å². The molecular weight excluding hydrogens is 304 g/mol. The summed E-state index contributed by atoms with van der Waals surface area (Å²) in [6.07, 6.45) is 8.32. The van der Waals surface area contributed by atoms with Gasteiger partial charge in [-0.05, 0) is 56.2 Å². The average Bonchev–Trinajstić information content (AvgIpc) is 2.46. The van der Waals surface area contributed by atoms with Crippen molar-refractivity contribution < 1.29 is 9.47 Å². The van der Waals surface area contributed by atoms with Crippen molar-refractivity contribution in [2.24, 2.45) is 0 Å². The van der Waals surface area contributed by atoms with Crippen LogP contribution in [0.2, 0.25) is 0 Å². The van der Waals surface area contributed by atoms with Crippen LogP contribution in [0.15, 0.2) is 28.7 Å². The summed E-state index contributed by atoms with van der Waals surface area (Å²) in [4.78, 5) is 0. The molecule has 106 valence electrons. The van der Waals surface area contributed by atoms with Crippen LogP contribution in [0.4, 0.5) is 0 Å². The predicted molar refractivity (Wildman–Crippen MR) is 81.2 cm³/mol. The molecule has 1 aliphatic heterocycles. The molecule has 0 spiro atoms. The second-order valence-corrected chi connectivity index (χ2v) is 6.02. The molecule has 0 bridgehead atoms. The molecule has 3 heteroatoms. The minimum Gasteiger partial charge on any atom is -0.353 e. The van der Waals surface area contributed by atoms with Crippen LogP contribution in [0.5, 0.6) is 0 Å². The molecule has 0 amide bonds. The van der Waals surface area contributed by atoms with Gasteiger partial charge in [0.25, 0.3) is 0 Å². The number of aryl methyl sites for hydroxylation is 1. The molecule has 0 radical (unpaired) electrons. The molecular formula is C16H23BrO2. The lowest BCUT2D eigenvalue weighted by Gasteiger charge is -2.22. The molecule has 19 heavy (non-hydrogen) atoms. The van der Waals surface area contributed by atoms with Gasteiger partial charge in [-0.1, -0.05) is 34.5 Å². The molecule has 1 aromatic carbocycles. The quantitative estimate of drug-likeness (QED) is 0.676.